The normalized spacial score (nSPS) is 12.5. The molecule has 2 aromatic rings. The van der Waals surface area contributed by atoms with Gasteiger partial charge in [0, 0.05) is 18.9 Å². The van der Waals surface area contributed by atoms with Gasteiger partial charge < -0.3 is 14.8 Å². The summed E-state index contributed by atoms with van der Waals surface area (Å²) in [4.78, 5) is 11.5. The first-order valence-electron chi connectivity index (χ1n) is 8.30. The Balaban J connectivity index is 1.95. The van der Waals surface area contributed by atoms with Gasteiger partial charge in [0.05, 0.1) is 14.2 Å². The Labute approximate surface area is 142 Å². The van der Waals surface area contributed by atoms with Crippen molar-refractivity contribution >= 4 is 5.91 Å². The molecule has 0 fully saturated rings. The van der Waals surface area contributed by atoms with E-state index in [0.717, 1.165) is 17.9 Å². The van der Waals surface area contributed by atoms with Crippen molar-refractivity contribution in [3.63, 3.8) is 0 Å². The second kappa shape index (κ2) is 6.95. The van der Waals surface area contributed by atoms with Gasteiger partial charge in [0.15, 0.2) is 0 Å². The van der Waals surface area contributed by atoms with Gasteiger partial charge in [0.2, 0.25) is 5.91 Å². The molecule has 0 aromatic heterocycles. The lowest BCUT2D eigenvalue weighted by molar-refractivity contribution is -0.120. The van der Waals surface area contributed by atoms with Crippen molar-refractivity contribution in [2.75, 3.05) is 20.8 Å². The van der Waals surface area contributed by atoms with Crippen molar-refractivity contribution in [2.45, 2.75) is 25.7 Å². The van der Waals surface area contributed by atoms with Gasteiger partial charge in [-0.05, 0) is 52.9 Å². The van der Waals surface area contributed by atoms with E-state index in [0.29, 0.717) is 13.0 Å². The fourth-order valence-corrected chi connectivity index (χ4v) is 3.36. The molecule has 0 radical (unpaired) electrons. The molecule has 3 rings (SSSR count). The maximum absolute atomic E-state index is 11.5. The van der Waals surface area contributed by atoms with Crippen molar-refractivity contribution in [2.24, 2.45) is 0 Å². The topological polar surface area (TPSA) is 47.6 Å². The lowest BCUT2D eigenvalue weighted by Gasteiger charge is -2.15. The molecule has 4 nitrogen and oxygen atoms in total. The molecule has 4 heteroatoms. The molecule has 2 aromatic carbocycles. The van der Waals surface area contributed by atoms with E-state index in [2.05, 4.69) is 29.6 Å². The van der Waals surface area contributed by atoms with E-state index in [-0.39, 0.29) is 11.8 Å². The largest absolute Gasteiger partial charge is 0.497 e. The number of rotatable bonds is 6. The smallest absolute Gasteiger partial charge is 0.219 e. The highest BCUT2D eigenvalue weighted by Crippen LogP contribution is 2.48. The third kappa shape index (κ3) is 2.96. The molecule has 0 saturated carbocycles. The van der Waals surface area contributed by atoms with Crippen LogP contribution in [0.3, 0.4) is 0 Å². The molecule has 0 bridgehead atoms. The molecular formula is C20H23NO3. The molecule has 24 heavy (non-hydrogen) atoms. The summed E-state index contributed by atoms with van der Waals surface area (Å²) in [7, 11) is 3.37. The Morgan fingerprint density at radius 3 is 2.00 bits per heavy atom. The first kappa shape index (κ1) is 16.4. The number of hydrogen-bond acceptors (Lipinski definition) is 3. The van der Waals surface area contributed by atoms with Gasteiger partial charge in [-0.3, -0.25) is 4.79 Å². The maximum Gasteiger partial charge on any atom is 0.219 e. The van der Waals surface area contributed by atoms with Gasteiger partial charge >= 0.3 is 0 Å². The minimum atomic E-state index is 0.0877. The van der Waals surface area contributed by atoms with Gasteiger partial charge in [0.25, 0.3) is 0 Å². The van der Waals surface area contributed by atoms with Crippen molar-refractivity contribution < 1.29 is 14.3 Å². The Morgan fingerprint density at radius 2 is 1.54 bits per heavy atom. The van der Waals surface area contributed by atoms with Gasteiger partial charge in [-0.15, -0.1) is 0 Å². The monoisotopic (exact) mass is 325 g/mol. The third-order valence-electron chi connectivity index (χ3n) is 4.63. The molecule has 0 unspecified atom stereocenters. The number of fused-ring (bicyclic) bond motifs is 3. The third-order valence-corrected chi connectivity index (χ3v) is 4.63. The molecule has 0 saturated heterocycles. The van der Waals surface area contributed by atoms with Crippen LogP contribution in [-0.2, 0) is 4.79 Å². The summed E-state index contributed by atoms with van der Waals surface area (Å²) < 4.78 is 10.8. The van der Waals surface area contributed by atoms with Crippen LogP contribution in [-0.4, -0.2) is 26.7 Å². The fraction of sp³-hybridized carbons (Fsp3) is 0.350. The van der Waals surface area contributed by atoms with E-state index in [1.807, 2.05) is 19.1 Å². The fourth-order valence-electron chi connectivity index (χ4n) is 3.36. The Morgan fingerprint density at radius 1 is 1.00 bits per heavy atom. The number of carbonyl (C=O) groups is 1. The standard InChI is InChI=1S/C20H23NO3/c1-4-20(22)21-10-9-17-18-11-13(23-2)5-7-15(18)16-8-6-14(24-3)12-19(16)17/h5-8,11-12,17H,4,9-10H2,1-3H3,(H,21,22). The van der Waals surface area contributed by atoms with E-state index >= 15 is 0 Å². The van der Waals surface area contributed by atoms with E-state index < -0.39 is 0 Å². The summed E-state index contributed by atoms with van der Waals surface area (Å²) in [5.41, 5.74) is 4.98. The second-order valence-electron chi connectivity index (χ2n) is 5.95. The number of ether oxygens (including phenoxy) is 2. The molecule has 0 aliphatic heterocycles. The summed E-state index contributed by atoms with van der Waals surface area (Å²) in [6.45, 7) is 2.52. The minimum Gasteiger partial charge on any atom is -0.497 e. The highest BCUT2D eigenvalue weighted by Gasteiger charge is 2.29. The highest BCUT2D eigenvalue weighted by molar-refractivity contribution is 5.80. The van der Waals surface area contributed by atoms with Crippen LogP contribution in [0.2, 0.25) is 0 Å². The van der Waals surface area contributed by atoms with Crippen molar-refractivity contribution in [1.82, 2.24) is 5.32 Å². The van der Waals surface area contributed by atoms with Crippen LogP contribution in [0.15, 0.2) is 36.4 Å². The van der Waals surface area contributed by atoms with Gasteiger partial charge in [-0.25, -0.2) is 0 Å². The summed E-state index contributed by atoms with van der Waals surface area (Å²) in [5.74, 6) is 2.04. The van der Waals surface area contributed by atoms with Crippen LogP contribution in [0.1, 0.15) is 36.8 Å². The number of amides is 1. The van der Waals surface area contributed by atoms with Crippen LogP contribution in [0.4, 0.5) is 0 Å². The van der Waals surface area contributed by atoms with E-state index in [9.17, 15) is 4.79 Å². The molecule has 0 heterocycles. The van der Waals surface area contributed by atoms with Crippen LogP contribution in [0.5, 0.6) is 11.5 Å². The number of hydrogen-bond donors (Lipinski definition) is 1. The summed E-state index contributed by atoms with van der Waals surface area (Å²) >= 11 is 0. The molecular weight excluding hydrogens is 302 g/mol. The highest BCUT2D eigenvalue weighted by atomic mass is 16.5. The Hall–Kier alpha value is -2.49. The number of nitrogens with one attached hydrogen (secondary N) is 1. The van der Waals surface area contributed by atoms with Crippen molar-refractivity contribution in [3.05, 3.63) is 47.5 Å². The van der Waals surface area contributed by atoms with Crippen molar-refractivity contribution in [1.29, 1.82) is 0 Å². The molecule has 1 aliphatic rings. The molecule has 1 aliphatic carbocycles. The van der Waals surface area contributed by atoms with E-state index in [4.69, 9.17) is 9.47 Å². The van der Waals surface area contributed by atoms with Crippen LogP contribution in [0.25, 0.3) is 11.1 Å². The quantitative estimate of drug-likeness (QED) is 0.880. The van der Waals surface area contributed by atoms with E-state index in [1.54, 1.807) is 14.2 Å². The van der Waals surface area contributed by atoms with Gasteiger partial charge in [0.1, 0.15) is 11.5 Å². The molecule has 1 N–H and O–H groups in total. The first-order valence-corrected chi connectivity index (χ1v) is 8.30. The average Bonchev–Trinajstić information content (AvgIpc) is 2.93. The zero-order valence-electron chi connectivity index (χ0n) is 14.4. The maximum atomic E-state index is 11.5. The Kier molecular flexibility index (Phi) is 4.74. The Bertz CT molecular complexity index is 701. The first-order chi connectivity index (χ1) is 11.7. The number of methoxy groups -OCH3 is 2. The SMILES string of the molecule is CCC(=O)NCCC1c2cc(OC)ccc2-c2ccc(OC)cc21. The lowest BCUT2D eigenvalue weighted by Crippen LogP contribution is -2.24. The lowest BCUT2D eigenvalue weighted by atomic mass is 9.93. The number of carbonyl (C=O) groups excluding carboxylic acids is 1. The average molecular weight is 325 g/mol. The van der Waals surface area contributed by atoms with E-state index in [1.165, 1.54) is 22.3 Å². The molecule has 126 valence electrons. The second-order valence-corrected chi connectivity index (χ2v) is 5.95. The zero-order chi connectivity index (χ0) is 17.1. The van der Waals surface area contributed by atoms with Gasteiger partial charge in [-0.2, -0.15) is 0 Å². The van der Waals surface area contributed by atoms with Gasteiger partial charge in [-0.1, -0.05) is 19.1 Å². The van der Waals surface area contributed by atoms with Crippen LogP contribution in [0, 0.1) is 0 Å². The predicted octanol–water partition coefficient (Wildman–Crippen LogP) is 3.73. The summed E-state index contributed by atoms with van der Waals surface area (Å²) in [5, 5.41) is 2.98. The molecule has 0 spiro atoms. The summed E-state index contributed by atoms with van der Waals surface area (Å²) in [6, 6.07) is 12.4. The summed E-state index contributed by atoms with van der Waals surface area (Å²) in [6.07, 6.45) is 1.37. The molecule has 1 amide bonds. The van der Waals surface area contributed by atoms with Crippen LogP contribution >= 0.6 is 0 Å². The van der Waals surface area contributed by atoms with Crippen LogP contribution < -0.4 is 14.8 Å². The zero-order valence-corrected chi connectivity index (χ0v) is 14.4. The minimum absolute atomic E-state index is 0.0877. The van der Waals surface area contributed by atoms with Crippen molar-refractivity contribution in [3.8, 4) is 22.6 Å². The number of benzene rings is 2. The molecule has 0 atom stereocenters. The predicted molar refractivity (Wildman–Crippen MR) is 94.7 cm³/mol.